The average Bonchev–Trinajstić information content (AvgIpc) is 2.51. The molecule has 106 valence electrons. The Balaban J connectivity index is 1.79. The van der Waals surface area contributed by atoms with Crippen LogP contribution in [0.2, 0.25) is 0 Å². The fourth-order valence-electron chi connectivity index (χ4n) is 2.32. The second-order valence-electron chi connectivity index (χ2n) is 4.77. The molecule has 0 aliphatic heterocycles. The van der Waals surface area contributed by atoms with Gasteiger partial charge in [0, 0.05) is 12.1 Å². The van der Waals surface area contributed by atoms with Crippen LogP contribution >= 0.6 is 0 Å². The van der Waals surface area contributed by atoms with E-state index in [1.165, 1.54) is 24.3 Å². The predicted octanol–water partition coefficient (Wildman–Crippen LogP) is 3.10. The zero-order chi connectivity index (χ0) is 14.8. The topological polar surface area (TPSA) is 72.6 Å². The first-order valence-electron chi connectivity index (χ1n) is 6.51. The number of aliphatic hydroxyl groups is 1. The summed E-state index contributed by atoms with van der Waals surface area (Å²) in [5.74, 6) is 0.480. The summed E-state index contributed by atoms with van der Waals surface area (Å²) in [4.78, 5) is 10.1. The van der Waals surface area contributed by atoms with Crippen LogP contribution in [0, 0.1) is 10.1 Å². The third kappa shape index (κ3) is 2.64. The van der Waals surface area contributed by atoms with Crippen LogP contribution in [0.15, 0.2) is 54.6 Å². The summed E-state index contributed by atoms with van der Waals surface area (Å²) < 4.78 is 5.70. The fourth-order valence-corrected chi connectivity index (χ4v) is 2.32. The number of nitro benzene ring substituents is 1. The second kappa shape index (κ2) is 5.38. The molecule has 2 atom stereocenters. The summed E-state index contributed by atoms with van der Waals surface area (Å²) in [5, 5.41) is 20.9. The van der Waals surface area contributed by atoms with E-state index < -0.39 is 17.1 Å². The highest BCUT2D eigenvalue weighted by Gasteiger charge is 2.25. The second-order valence-corrected chi connectivity index (χ2v) is 4.77. The van der Waals surface area contributed by atoms with Crippen LogP contribution in [-0.4, -0.2) is 16.1 Å². The van der Waals surface area contributed by atoms with Crippen LogP contribution in [0.25, 0.3) is 6.08 Å². The van der Waals surface area contributed by atoms with Gasteiger partial charge in [-0.3, -0.25) is 10.1 Å². The van der Waals surface area contributed by atoms with Crippen LogP contribution in [0.5, 0.6) is 5.75 Å². The standard InChI is InChI=1S/C16H13NO4/c18-16-14-4-2-1-3-11(14)5-10-15(16)21-13-8-6-12(7-9-13)17(19)20/h1-10,15-16,18H/t15-,16-/m0/s1. The van der Waals surface area contributed by atoms with Gasteiger partial charge in [-0.05, 0) is 29.3 Å². The van der Waals surface area contributed by atoms with Crippen LogP contribution in [0.4, 0.5) is 5.69 Å². The Morgan fingerprint density at radius 2 is 1.81 bits per heavy atom. The Kier molecular flexibility index (Phi) is 3.41. The van der Waals surface area contributed by atoms with Crippen molar-refractivity contribution in [3.05, 3.63) is 75.8 Å². The van der Waals surface area contributed by atoms with Crippen molar-refractivity contribution in [1.82, 2.24) is 0 Å². The molecule has 0 saturated carbocycles. The predicted molar refractivity (Wildman–Crippen MR) is 77.9 cm³/mol. The van der Waals surface area contributed by atoms with Gasteiger partial charge in [-0.25, -0.2) is 0 Å². The molecule has 21 heavy (non-hydrogen) atoms. The Morgan fingerprint density at radius 1 is 1.10 bits per heavy atom. The third-order valence-corrected chi connectivity index (χ3v) is 3.41. The minimum atomic E-state index is -0.763. The number of aliphatic hydroxyl groups excluding tert-OH is 1. The highest BCUT2D eigenvalue weighted by molar-refractivity contribution is 5.58. The van der Waals surface area contributed by atoms with E-state index >= 15 is 0 Å². The maximum Gasteiger partial charge on any atom is 0.269 e. The van der Waals surface area contributed by atoms with E-state index in [2.05, 4.69) is 0 Å². The first kappa shape index (κ1) is 13.3. The van der Waals surface area contributed by atoms with Gasteiger partial charge in [-0.1, -0.05) is 30.3 Å². The Bertz CT molecular complexity index is 694. The molecule has 0 heterocycles. The molecule has 0 radical (unpaired) electrons. The molecule has 0 spiro atoms. The van der Waals surface area contributed by atoms with Gasteiger partial charge in [0.05, 0.1) is 4.92 Å². The van der Waals surface area contributed by atoms with Crippen LogP contribution in [0.1, 0.15) is 17.2 Å². The lowest BCUT2D eigenvalue weighted by Crippen LogP contribution is -2.25. The molecule has 0 fully saturated rings. The quantitative estimate of drug-likeness (QED) is 0.694. The normalized spacial score (nSPS) is 19.9. The van der Waals surface area contributed by atoms with E-state index in [1.54, 1.807) is 6.08 Å². The molecule has 0 unspecified atom stereocenters. The summed E-state index contributed by atoms with van der Waals surface area (Å²) >= 11 is 0. The lowest BCUT2D eigenvalue weighted by molar-refractivity contribution is -0.384. The molecule has 0 amide bonds. The van der Waals surface area contributed by atoms with Crippen molar-refractivity contribution in [2.75, 3.05) is 0 Å². The molecular formula is C16H13NO4. The third-order valence-electron chi connectivity index (χ3n) is 3.41. The summed E-state index contributed by atoms with van der Waals surface area (Å²) in [6.07, 6.45) is 2.41. The number of hydrogen-bond acceptors (Lipinski definition) is 4. The Labute approximate surface area is 121 Å². The van der Waals surface area contributed by atoms with E-state index in [4.69, 9.17) is 4.74 Å². The van der Waals surface area contributed by atoms with Gasteiger partial charge in [-0.2, -0.15) is 0 Å². The van der Waals surface area contributed by atoms with Crippen LogP contribution < -0.4 is 4.74 Å². The first-order chi connectivity index (χ1) is 10.1. The van der Waals surface area contributed by atoms with Gasteiger partial charge in [0.2, 0.25) is 0 Å². The molecule has 0 saturated heterocycles. The SMILES string of the molecule is O=[N+]([O-])c1ccc(O[C@H]2C=Cc3ccccc3[C@@H]2O)cc1. The average molecular weight is 283 g/mol. The van der Waals surface area contributed by atoms with Gasteiger partial charge in [0.1, 0.15) is 18.0 Å². The molecule has 0 bridgehead atoms. The van der Waals surface area contributed by atoms with Crippen molar-refractivity contribution >= 4 is 11.8 Å². The van der Waals surface area contributed by atoms with E-state index in [1.807, 2.05) is 30.3 Å². The summed E-state index contributed by atoms with van der Waals surface area (Å²) in [5.41, 5.74) is 1.79. The number of non-ortho nitro benzene ring substituents is 1. The summed E-state index contributed by atoms with van der Waals surface area (Å²) in [7, 11) is 0. The molecule has 5 nitrogen and oxygen atoms in total. The summed E-state index contributed by atoms with van der Waals surface area (Å²) in [6.45, 7) is 0. The smallest absolute Gasteiger partial charge is 0.269 e. The molecule has 2 aromatic carbocycles. The largest absolute Gasteiger partial charge is 0.483 e. The fraction of sp³-hybridized carbons (Fsp3) is 0.125. The highest BCUT2D eigenvalue weighted by Crippen LogP contribution is 2.31. The highest BCUT2D eigenvalue weighted by atomic mass is 16.6. The van der Waals surface area contributed by atoms with Gasteiger partial charge in [0.25, 0.3) is 5.69 Å². The van der Waals surface area contributed by atoms with E-state index in [9.17, 15) is 15.2 Å². The number of ether oxygens (including phenoxy) is 1. The summed E-state index contributed by atoms with van der Waals surface area (Å²) in [6, 6.07) is 13.4. The molecule has 1 N–H and O–H groups in total. The van der Waals surface area contributed by atoms with Gasteiger partial charge in [0.15, 0.2) is 0 Å². The van der Waals surface area contributed by atoms with Gasteiger partial charge in [-0.15, -0.1) is 0 Å². The monoisotopic (exact) mass is 283 g/mol. The minimum Gasteiger partial charge on any atom is -0.483 e. The van der Waals surface area contributed by atoms with Gasteiger partial charge >= 0.3 is 0 Å². The molecule has 5 heteroatoms. The van der Waals surface area contributed by atoms with E-state index in [0.29, 0.717) is 5.75 Å². The molecule has 3 rings (SSSR count). The van der Waals surface area contributed by atoms with Crippen molar-refractivity contribution in [3.63, 3.8) is 0 Å². The van der Waals surface area contributed by atoms with Crippen LogP contribution in [-0.2, 0) is 0 Å². The first-order valence-corrected chi connectivity index (χ1v) is 6.51. The number of nitro groups is 1. The van der Waals surface area contributed by atoms with Crippen molar-refractivity contribution in [2.45, 2.75) is 12.2 Å². The van der Waals surface area contributed by atoms with Crippen LogP contribution in [0.3, 0.4) is 0 Å². The van der Waals surface area contributed by atoms with Crippen molar-refractivity contribution in [1.29, 1.82) is 0 Å². The van der Waals surface area contributed by atoms with Gasteiger partial charge < -0.3 is 9.84 Å². The number of fused-ring (bicyclic) bond motifs is 1. The van der Waals surface area contributed by atoms with Crippen molar-refractivity contribution < 1.29 is 14.8 Å². The van der Waals surface area contributed by atoms with E-state index in [-0.39, 0.29) is 5.69 Å². The number of hydrogen-bond donors (Lipinski definition) is 1. The molecule has 0 aromatic heterocycles. The molecule has 1 aliphatic carbocycles. The molecule has 1 aliphatic rings. The number of nitrogens with zero attached hydrogens (tertiary/aromatic N) is 1. The number of rotatable bonds is 3. The maximum atomic E-state index is 10.6. The number of benzene rings is 2. The molecular weight excluding hydrogens is 270 g/mol. The Morgan fingerprint density at radius 3 is 2.52 bits per heavy atom. The zero-order valence-electron chi connectivity index (χ0n) is 11.0. The Hall–Kier alpha value is -2.66. The zero-order valence-corrected chi connectivity index (χ0v) is 11.0. The van der Waals surface area contributed by atoms with Crippen molar-refractivity contribution in [2.24, 2.45) is 0 Å². The molecule has 2 aromatic rings. The maximum absolute atomic E-state index is 10.6. The van der Waals surface area contributed by atoms with E-state index in [0.717, 1.165) is 11.1 Å². The lowest BCUT2D eigenvalue weighted by Gasteiger charge is -2.26. The van der Waals surface area contributed by atoms with Crippen molar-refractivity contribution in [3.8, 4) is 5.75 Å². The lowest BCUT2D eigenvalue weighted by atomic mass is 9.93. The minimum absolute atomic E-state index is 0.00688.